The van der Waals surface area contributed by atoms with Crippen molar-refractivity contribution in [2.24, 2.45) is 0 Å². The van der Waals surface area contributed by atoms with Gasteiger partial charge < -0.3 is 4.74 Å². The van der Waals surface area contributed by atoms with Crippen LogP contribution in [0, 0.1) is 0 Å². The number of pyridine rings is 1. The average molecular weight is 228 g/mol. The summed E-state index contributed by atoms with van der Waals surface area (Å²) in [7, 11) is 0. The van der Waals surface area contributed by atoms with E-state index in [-0.39, 0.29) is 5.78 Å². The molecule has 0 spiro atoms. The van der Waals surface area contributed by atoms with Crippen LogP contribution in [0.1, 0.15) is 16.8 Å². The molecule has 2 rings (SSSR count). The van der Waals surface area contributed by atoms with E-state index >= 15 is 0 Å². The van der Waals surface area contributed by atoms with Gasteiger partial charge in [0, 0.05) is 18.8 Å². The Hall–Kier alpha value is -0.900. The summed E-state index contributed by atoms with van der Waals surface area (Å²) in [6, 6.07) is 0. The van der Waals surface area contributed by atoms with Crippen molar-refractivity contribution in [1.82, 2.24) is 4.98 Å². The van der Waals surface area contributed by atoms with Gasteiger partial charge in [-0.2, -0.15) is 0 Å². The second-order valence-electron chi connectivity index (χ2n) is 2.52. The molecule has 0 saturated carbocycles. The number of ether oxygens (including phenoxy) is 1. The topological polar surface area (TPSA) is 39.2 Å². The molecule has 1 aromatic rings. The molecule has 0 fully saturated rings. The van der Waals surface area contributed by atoms with Crippen LogP contribution in [-0.2, 0) is 0 Å². The molecular weight excluding hydrogens is 222 g/mol. The van der Waals surface area contributed by atoms with Gasteiger partial charge in [-0.15, -0.1) is 0 Å². The van der Waals surface area contributed by atoms with E-state index < -0.39 is 0 Å². The van der Waals surface area contributed by atoms with E-state index in [1.807, 2.05) is 0 Å². The fourth-order valence-electron chi connectivity index (χ4n) is 1.15. The van der Waals surface area contributed by atoms with Crippen molar-refractivity contribution < 1.29 is 9.53 Å². The number of carbonyl (C=O) groups excluding carboxylic acids is 1. The van der Waals surface area contributed by atoms with E-state index in [0.717, 1.165) is 4.47 Å². The number of halogens is 1. The highest BCUT2D eigenvalue weighted by Crippen LogP contribution is 2.31. The van der Waals surface area contributed by atoms with Crippen LogP contribution >= 0.6 is 15.9 Å². The lowest BCUT2D eigenvalue weighted by atomic mass is 10.1. The van der Waals surface area contributed by atoms with Crippen molar-refractivity contribution in [3.8, 4) is 5.75 Å². The van der Waals surface area contributed by atoms with E-state index in [0.29, 0.717) is 24.3 Å². The molecule has 0 saturated heterocycles. The highest BCUT2D eigenvalue weighted by Gasteiger charge is 2.20. The number of hydrogen-bond donors (Lipinski definition) is 0. The number of Topliss-reactive ketones (excluding diaryl/α,β-unsaturated/α-hetero) is 1. The Kier molecular flexibility index (Phi) is 1.84. The normalized spacial score (nSPS) is 15.2. The minimum atomic E-state index is 0.102. The molecule has 62 valence electrons. The highest BCUT2D eigenvalue weighted by atomic mass is 79.9. The minimum absolute atomic E-state index is 0.102. The predicted octanol–water partition coefficient (Wildman–Crippen LogP) is 1.81. The van der Waals surface area contributed by atoms with E-state index in [2.05, 4.69) is 20.9 Å². The first-order chi connectivity index (χ1) is 5.79. The molecule has 3 nitrogen and oxygen atoms in total. The Morgan fingerprint density at radius 1 is 1.50 bits per heavy atom. The Morgan fingerprint density at radius 2 is 2.33 bits per heavy atom. The van der Waals surface area contributed by atoms with Crippen LogP contribution in [0.2, 0.25) is 0 Å². The van der Waals surface area contributed by atoms with Gasteiger partial charge in [0.25, 0.3) is 0 Å². The van der Waals surface area contributed by atoms with Gasteiger partial charge in [0.05, 0.1) is 16.6 Å². The molecule has 4 heteroatoms. The fourth-order valence-corrected chi connectivity index (χ4v) is 1.60. The molecule has 0 amide bonds. The summed E-state index contributed by atoms with van der Waals surface area (Å²) < 4.78 is 6.06. The quantitative estimate of drug-likeness (QED) is 0.679. The predicted molar refractivity (Wildman–Crippen MR) is 46.4 cm³/mol. The first-order valence-electron chi connectivity index (χ1n) is 3.58. The lowest BCUT2D eigenvalue weighted by Crippen LogP contribution is -2.15. The number of rotatable bonds is 0. The van der Waals surface area contributed by atoms with Crippen molar-refractivity contribution in [3.63, 3.8) is 0 Å². The van der Waals surface area contributed by atoms with Crippen LogP contribution < -0.4 is 4.74 Å². The van der Waals surface area contributed by atoms with Gasteiger partial charge in [-0.1, -0.05) is 0 Å². The highest BCUT2D eigenvalue weighted by molar-refractivity contribution is 9.10. The summed E-state index contributed by atoms with van der Waals surface area (Å²) in [6.07, 6.45) is 3.62. The second kappa shape index (κ2) is 2.86. The Bertz CT molecular complexity index is 338. The maximum atomic E-state index is 11.3. The zero-order valence-electron chi connectivity index (χ0n) is 6.21. The Morgan fingerprint density at radius 3 is 3.08 bits per heavy atom. The van der Waals surface area contributed by atoms with E-state index in [1.54, 1.807) is 12.4 Å². The van der Waals surface area contributed by atoms with Crippen molar-refractivity contribution in [2.75, 3.05) is 6.61 Å². The van der Waals surface area contributed by atoms with E-state index in [9.17, 15) is 4.79 Å². The maximum Gasteiger partial charge on any atom is 0.171 e. The van der Waals surface area contributed by atoms with E-state index in [1.165, 1.54) is 0 Å². The summed E-state index contributed by atoms with van der Waals surface area (Å²) in [4.78, 5) is 15.2. The van der Waals surface area contributed by atoms with Gasteiger partial charge in [-0.3, -0.25) is 9.78 Å². The zero-order chi connectivity index (χ0) is 8.55. The Labute approximate surface area is 77.9 Å². The van der Waals surface area contributed by atoms with E-state index in [4.69, 9.17) is 4.74 Å². The van der Waals surface area contributed by atoms with Gasteiger partial charge in [-0.25, -0.2) is 0 Å². The first kappa shape index (κ1) is 7.73. The van der Waals surface area contributed by atoms with Crippen LogP contribution in [0.15, 0.2) is 16.9 Å². The Balaban J connectivity index is 2.59. The van der Waals surface area contributed by atoms with Crippen molar-refractivity contribution in [3.05, 3.63) is 22.4 Å². The fraction of sp³-hybridized carbons (Fsp3) is 0.250. The van der Waals surface area contributed by atoms with Gasteiger partial charge in [-0.05, 0) is 15.9 Å². The molecule has 2 heterocycles. The molecule has 1 aliphatic heterocycles. The number of fused-ring (bicyclic) bond motifs is 1. The molecule has 0 unspecified atom stereocenters. The van der Waals surface area contributed by atoms with Crippen molar-refractivity contribution >= 4 is 21.7 Å². The lowest BCUT2D eigenvalue weighted by Gasteiger charge is -2.16. The van der Waals surface area contributed by atoms with Crippen LogP contribution in [-0.4, -0.2) is 17.4 Å². The van der Waals surface area contributed by atoms with Gasteiger partial charge >= 0.3 is 0 Å². The third kappa shape index (κ3) is 1.12. The minimum Gasteiger partial charge on any atom is -0.491 e. The average Bonchev–Trinajstić information content (AvgIpc) is 2.07. The summed E-state index contributed by atoms with van der Waals surface area (Å²) in [5.74, 6) is 0.728. The molecule has 12 heavy (non-hydrogen) atoms. The molecule has 0 radical (unpaired) electrons. The lowest BCUT2D eigenvalue weighted by molar-refractivity contribution is 0.0932. The SMILES string of the molecule is O=C1CCOc2c(Br)cncc21. The summed E-state index contributed by atoms with van der Waals surface area (Å²) in [5, 5.41) is 0. The third-order valence-corrected chi connectivity index (χ3v) is 2.29. The number of hydrogen-bond acceptors (Lipinski definition) is 3. The molecule has 1 aliphatic rings. The summed E-state index contributed by atoms with van der Waals surface area (Å²) in [5.41, 5.74) is 0.579. The first-order valence-corrected chi connectivity index (χ1v) is 4.38. The molecule has 0 N–H and O–H groups in total. The monoisotopic (exact) mass is 227 g/mol. The second-order valence-corrected chi connectivity index (χ2v) is 3.37. The summed E-state index contributed by atoms with van der Waals surface area (Å²) in [6.45, 7) is 0.467. The van der Waals surface area contributed by atoms with Gasteiger partial charge in [0.15, 0.2) is 5.78 Å². The molecule has 0 aliphatic carbocycles. The number of nitrogens with zero attached hydrogens (tertiary/aromatic N) is 1. The smallest absolute Gasteiger partial charge is 0.171 e. The van der Waals surface area contributed by atoms with Gasteiger partial charge in [0.1, 0.15) is 5.75 Å². The number of aromatic nitrogens is 1. The zero-order valence-corrected chi connectivity index (χ0v) is 7.80. The van der Waals surface area contributed by atoms with Crippen LogP contribution in [0.25, 0.3) is 0 Å². The molecule has 0 aromatic carbocycles. The van der Waals surface area contributed by atoms with Crippen LogP contribution in [0.3, 0.4) is 0 Å². The number of ketones is 1. The van der Waals surface area contributed by atoms with Crippen LogP contribution in [0.4, 0.5) is 0 Å². The number of carbonyl (C=O) groups is 1. The molecule has 0 bridgehead atoms. The van der Waals surface area contributed by atoms with Crippen molar-refractivity contribution in [2.45, 2.75) is 6.42 Å². The van der Waals surface area contributed by atoms with Gasteiger partial charge in [0.2, 0.25) is 0 Å². The maximum absolute atomic E-state index is 11.3. The summed E-state index contributed by atoms with van der Waals surface area (Å²) >= 11 is 3.27. The molecule has 0 atom stereocenters. The van der Waals surface area contributed by atoms with Crippen molar-refractivity contribution in [1.29, 1.82) is 0 Å². The van der Waals surface area contributed by atoms with Crippen LogP contribution in [0.5, 0.6) is 5.75 Å². The third-order valence-electron chi connectivity index (χ3n) is 1.73. The molecular formula is C8H6BrNO2. The standard InChI is InChI=1S/C8H6BrNO2/c9-6-4-10-3-5-7(11)1-2-12-8(5)6/h3-4H,1-2H2. The largest absolute Gasteiger partial charge is 0.491 e. The molecule has 1 aromatic heterocycles.